The van der Waals surface area contributed by atoms with E-state index in [-0.39, 0.29) is 0 Å². The number of rotatable bonds is 4. The minimum atomic E-state index is -0.445. The van der Waals surface area contributed by atoms with Crippen LogP contribution in [0.25, 0.3) is 22.3 Å². The molecule has 0 spiro atoms. The summed E-state index contributed by atoms with van der Waals surface area (Å²) in [6.07, 6.45) is 18.4. The van der Waals surface area contributed by atoms with Gasteiger partial charge in [0.25, 0.3) is 23.6 Å². The van der Waals surface area contributed by atoms with Gasteiger partial charge in [-0.25, -0.2) is 0 Å². The van der Waals surface area contributed by atoms with Gasteiger partial charge in [0.05, 0.1) is 11.4 Å². The number of carbonyl (C=O) groups excluding carboxylic acids is 4. The lowest BCUT2D eigenvalue weighted by atomic mass is 9.84. The smallest absolute Gasteiger partial charge is 0.267 e. The molecule has 3 aliphatic carbocycles. The van der Waals surface area contributed by atoms with Crippen LogP contribution in [0.5, 0.6) is 0 Å². The normalized spacial score (nSPS) is 21.0. The number of allylic oxidation sites excluding steroid dienone is 8. The van der Waals surface area contributed by atoms with Crippen molar-refractivity contribution in [2.24, 2.45) is 10.2 Å². The van der Waals surface area contributed by atoms with Crippen molar-refractivity contribution in [1.82, 2.24) is 10.0 Å². The Hall–Kier alpha value is -5.50. The first kappa shape index (κ1) is 24.5. The Bertz CT molecular complexity index is 1810. The largest absolute Gasteiger partial charge is 0.274 e. The summed E-state index contributed by atoms with van der Waals surface area (Å²) in [6, 6.07) is 12.7. The molecule has 0 saturated heterocycles. The molecule has 2 heterocycles. The first-order valence-corrected chi connectivity index (χ1v) is 13.2. The van der Waals surface area contributed by atoms with Gasteiger partial charge in [0, 0.05) is 37.1 Å². The molecule has 41 heavy (non-hydrogen) atoms. The molecule has 7 rings (SSSR count). The summed E-state index contributed by atoms with van der Waals surface area (Å²) in [5, 5.41) is 10.3. The van der Waals surface area contributed by atoms with E-state index in [2.05, 4.69) is 58.8 Å². The molecule has 2 aromatic rings. The minimum Gasteiger partial charge on any atom is -0.267 e. The van der Waals surface area contributed by atoms with E-state index in [1.165, 1.54) is 46.6 Å². The minimum absolute atomic E-state index is 0.444. The van der Waals surface area contributed by atoms with Gasteiger partial charge in [0.15, 0.2) is 0 Å². The fraction of sp³-hybridized carbons (Fsp3) is 0.0909. The lowest BCUT2D eigenvalue weighted by Crippen LogP contribution is -2.25. The highest BCUT2D eigenvalue weighted by Gasteiger charge is 2.28. The molecule has 8 nitrogen and oxygen atoms in total. The van der Waals surface area contributed by atoms with Crippen molar-refractivity contribution in [1.29, 1.82) is 0 Å². The van der Waals surface area contributed by atoms with Gasteiger partial charge in [0.1, 0.15) is 0 Å². The van der Waals surface area contributed by atoms with E-state index in [1.54, 1.807) is 0 Å². The first-order chi connectivity index (χ1) is 20.0. The SMILES string of the molecule is O=C1C=CC(=O)N1N=C1C=CC(c2ccc3c(c2C2=CCC(=NN4C(=O)C=CC4=O)C=C2)Cc2ccccc2-3)=CC1. The number of amides is 4. The summed E-state index contributed by atoms with van der Waals surface area (Å²) in [5.41, 5.74) is 10.4. The highest BCUT2D eigenvalue weighted by Crippen LogP contribution is 2.44. The Kier molecular flexibility index (Phi) is 5.75. The van der Waals surface area contributed by atoms with E-state index < -0.39 is 23.6 Å². The lowest BCUT2D eigenvalue weighted by Gasteiger charge is -2.20. The molecule has 8 heteroatoms. The molecule has 2 aromatic carbocycles. The molecule has 198 valence electrons. The maximum atomic E-state index is 12.0. The summed E-state index contributed by atoms with van der Waals surface area (Å²) >= 11 is 0. The van der Waals surface area contributed by atoms with Crippen LogP contribution < -0.4 is 0 Å². The van der Waals surface area contributed by atoms with Crippen LogP contribution in [0.15, 0.2) is 107 Å². The Labute approximate surface area is 235 Å². The zero-order chi connectivity index (χ0) is 28.1. The van der Waals surface area contributed by atoms with Gasteiger partial charge < -0.3 is 0 Å². The molecule has 0 bridgehead atoms. The number of hydrazone groups is 2. The van der Waals surface area contributed by atoms with Crippen molar-refractivity contribution < 1.29 is 19.2 Å². The van der Waals surface area contributed by atoms with E-state index >= 15 is 0 Å². The lowest BCUT2D eigenvalue weighted by molar-refractivity contribution is -0.138. The first-order valence-electron chi connectivity index (χ1n) is 13.2. The number of hydrogen-bond donors (Lipinski definition) is 0. The van der Waals surface area contributed by atoms with E-state index in [0.717, 1.165) is 38.7 Å². The fourth-order valence-electron chi connectivity index (χ4n) is 5.63. The maximum Gasteiger partial charge on any atom is 0.274 e. The molecule has 0 N–H and O–H groups in total. The Morgan fingerprint density at radius 3 is 1.63 bits per heavy atom. The van der Waals surface area contributed by atoms with Crippen LogP contribution >= 0.6 is 0 Å². The average molecular weight is 539 g/mol. The van der Waals surface area contributed by atoms with E-state index in [4.69, 9.17) is 0 Å². The van der Waals surface area contributed by atoms with Crippen LogP contribution in [0.2, 0.25) is 0 Å². The molecule has 5 aliphatic rings. The van der Waals surface area contributed by atoms with Crippen molar-refractivity contribution in [3.63, 3.8) is 0 Å². The third kappa shape index (κ3) is 4.26. The van der Waals surface area contributed by atoms with Crippen molar-refractivity contribution in [2.45, 2.75) is 19.3 Å². The number of hydrogen-bond acceptors (Lipinski definition) is 6. The van der Waals surface area contributed by atoms with E-state index in [9.17, 15) is 19.2 Å². The monoisotopic (exact) mass is 538 g/mol. The molecule has 0 radical (unpaired) electrons. The average Bonchev–Trinajstić information content (AvgIpc) is 3.64. The highest BCUT2D eigenvalue weighted by atomic mass is 16.2. The van der Waals surface area contributed by atoms with Gasteiger partial charge in [-0.05, 0) is 63.1 Å². The van der Waals surface area contributed by atoms with Crippen LogP contribution in [0.1, 0.15) is 35.1 Å². The number of carbonyl (C=O) groups is 4. The molecule has 0 aromatic heterocycles. The molecule has 0 unspecified atom stereocenters. The van der Waals surface area contributed by atoms with Gasteiger partial charge >= 0.3 is 0 Å². The molecule has 0 atom stereocenters. The second-order valence-corrected chi connectivity index (χ2v) is 10.1. The van der Waals surface area contributed by atoms with Crippen molar-refractivity contribution in [2.75, 3.05) is 0 Å². The van der Waals surface area contributed by atoms with Gasteiger partial charge in [-0.2, -0.15) is 20.2 Å². The standard InChI is InChI=1S/C33H22N4O4/c38-29-15-16-30(39)36(29)34-23-9-5-20(6-10-23)26-13-14-27-25-4-2-1-3-22(25)19-28(27)33(26)21-7-11-24(12-8-21)35-37-31(40)17-18-32(37)41/h1-9,11,13-18H,10,12,19H2. The Morgan fingerprint density at radius 2 is 1.07 bits per heavy atom. The molecular formula is C33H22N4O4. The van der Waals surface area contributed by atoms with Gasteiger partial charge in [-0.1, -0.05) is 60.7 Å². The van der Waals surface area contributed by atoms with Crippen LogP contribution in [-0.2, 0) is 25.6 Å². The predicted molar refractivity (Wildman–Crippen MR) is 155 cm³/mol. The van der Waals surface area contributed by atoms with Crippen molar-refractivity contribution in [3.05, 3.63) is 119 Å². The van der Waals surface area contributed by atoms with Gasteiger partial charge in [-0.3, -0.25) is 19.2 Å². The number of nitrogens with zero attached hydrogens (tertiary/aromatic N) is 4. The highest BCUT2D eigenvalue weighted by molar-refractivity contribution is 6.15. The molecule has 2 aliphatic heterocycles. The van der Waals surface area contributed by atoms with E-state index in [1.807, 2.05) is 24.3 Å². The molecule has 0 saturated carbocycles. The third-order valence-electron chi connectivity index (χ3n) is 7.59. The third-order valence-corrected chi connectivity index (χ3v) is 7.59. The Balaban J connectivity index is 1.24. The van der Waals surface area contributed by atoms with Crippen LogP contribution in [0.4, 0.5) is 0 Å². The summed E-state index contributed by atoms with van der Waals surface area (Å²) in [5.74, 6) is -1.78. The zero-order valence-corrected chi connectivity index (χ0v) is 21.8. The van der Waals surface area contributed by atoms with Crippen LogP contribution in [-0.4, -0.2) is 45.1 Å². The van der Waals surface area contributed by atoms with Crippen molar-refractivity contribution >= 4 is 46.2 Å². The number of imide groups is 2. The molecule has 4 amide bonds. The van der Waals surface area contributed by atoms with Crippen molar-refractivity contribution in [3.8, 4) is 11.1 Å². The Morgan fingerprint density at radius 1 is 0.537 bits per heavy atom. The topological polar surface area (TPSA) is 99.5 Å². The van der Waals surface area contributed by atoms with Gasteiger partial charge in [-0.15, -0.1) is 0 Å². The maximum absolute atomic E-state index is 12.0. The summed E-state index contributed by atoms with van der Waals surface area (Å²) in [6.45, 7) is 0. The quantitative estimate of drug-likeness (QED) is 0.457. The molecule has 0 fully saturated rings. The fourth-order valence-corrected chi connectivity index (χ4v) is 5.63. The van der Waals surface area contributed by atoms with Gasteiger partial charge in [0.2, 0.25) is 0 Å². The predicted octanol–water partition coefficient (Wildman–Crippen LogP) is 4.51. The second kappa shape index (κ2) is 9.60. The summed E-state index contributed by atoms with van der Waals surface area (Å²) < 4.78 is 0. The van der Waals surface area contributed by atoms with Crippen LogP contribution in [0, 0.1) is 0 Å². The summed E-state index contributed by atoms with van der Waals surface area (Å²) in [7, 11) is 0. The van der Waals surface area contributed by atoms with E-state index in [0.29, 0.717) is 24.3 Å². The second-order valence-electron chi connectivity index (χ2n) is 10.1. The number of fused-ring (bicyclic) bond motifs is 3. The number of benzene rings is 2. The zero-order valence-electron chi connectivity index (χ0n) is 21.8. The summed E-state index contributed by atoms with van der Waals surface area (Å²) in [4.78, 5) is 47.8. The molecular weight excluding hydrogens is 516 g/mol. The van der Waals surface area contributed by atoms with Crippen LogP contribution in [0.3, 0.4) is 0 Å².